The minimum Gasteiger partial charge on any atom is -0.399 e. The lowest BCUT2D eigenvalue weighted by molar-refractivity contribution is 0.00578. The van der Waals surface area contributed by atoms with Gasteiger partial charge in [-0.25, -0.2) is 0 Å². The molecule has 1 aliphatic rings. The molecule has 0 radical (unpaired) electrons. The zero-order valence-corrected chi connectivity index (χ0v) is 11.0. The maximum atomic E-state index is 6.02. The normalized spacial score (nSPS) is 21.7. The third kappa shape index (κ3) is 1.56. The van der Waals surface area contributed by atoms with Crippen molar-refractivity contribution in [2.24, 2.45) is 0 Å². The zero-order chi connectivity index (χ0) is 13.0. The zero-order valence-electron chi connectivity index (χ0n) is 11.0. The van der Waals surface area contributed by atoms with Crippen molar-refractivity contribution < 1.29 is 9.31 Å². The van der Waals surface area contributed by atoms with Gasteiger partial charge in [0.1, 0.15) is 6.33 Å². The second kappa shape index (κ2) is 3.55. The molecule has 0 spiro atoms. The first-order valence-electron chi connectivity index (χ1n) is 6.05. The lowest BCUT2D eigenvalue weighted by atomic mass is 9.80. The molecule has 1 fully saturated rings. The molecule has 6 heteroatoms. The van der Waals surface area contributed by atoms with E-state index >= 15 is 0 Å². The molecule has 0 N–H and O–H groups in total. The number of hydrogen-bond acceptors (Lipinski definition) is 4. The lowest BCUT2D eigenvalue weighted by Gasteiger charge is -2.32. The summed E-state index contributed by atoms with van der Waals surface area (Å²) in [7, 11) is -0.400. The first-order chi connectivity index (χ1) is 8.41. The number of pyridine rings is 1. The molecule has 0 amide bonds. The van der Waals surface area contributed by atoms with Gasteiger partial charge in [0.2, 0.25) is 0 Å². The lowest BCUT2D eigenvalue weighted by Crippen LogP contribution is -2.41. The van der Waals surface area contributed by atoms with Gasteiger partial charge in [0, 0.05) is 11.7 Å². The van der Waals surface area contributed by atoms with Crippen molar-refractivity contribution in [3.8, 4) is 0 Å². The first kappa shape index (κ1) is 11.7. The maximum absolute atomic E-state index is 6.02. The van der Waals surface area contributed by atoms with Crippen LogP contribution in [0.4, 0.5) is 0 Å². The minimum atomic E-state index is -0.400. The first-order valence-corrected chi connectivity index (χ1v) is 6.05. The Morgan fingerprint density at radius 2 is 1.83 bits per heavy atom. The summed E-state index contributed by atoms with van der Waals surface area (Å²) < 4.78 is 13.9. The van der Waals surface area contributed by atoms with E-state index < -0.39 is 7.12 Å². The third-order valence-electron chi connectivity index (χ3n) is 3.86. The fourth-order valence-corrected chi connectivity index (χ4v) is 2.03. The van der Waals surface area contributed by atoms with Crippen molar-refractivity contribution in [1.29, 1.82) is 0 Å². The Morgan fingerprint density at radius 3 is 2.50 bits per heavy atom. The second-order valence-electron chi connectivity index (χ2n) is 5.61. The van der Waals surface area contributed by atoms with Crippen molar-refractivity contribution in [2.75, 3.05) is 0 Å². The highest BCUT2D eigenvalue weighted by Gasteiger charge is 2.52. The molecule has 3 heterocycles. The van der Waals surface area contributed by atoms with E-state index in [1.54, 1.807) is 6.33 Å². The molecular weight excluding hydrogens is 229 g/mol. The molecule has 0 aromatic carbocycles. The highest BCUT2D eigenvalue weighted by molar-refractivity contribution is 6.64. The van der Waals surface area contributed by atoms with Crippen LogP contribution < -0.4 is 5.46 Å². The van der Waals surface area contributed by atoms with Gasteiger partial charge in [-0.15, -0.1) is 10.2 Å². The summed E-state index contributed by atoms with van der Waals surface area (Å²) in [4.78, 5) is 0. The molecule has 18 heavy (non-hydrogen) atoms. The van der Waals surface area contributed by atoms with E-state index in [0.29, 0.717) is 0 Å². The average molecular weight is 245 g/mol. The summed E-state index contributed by atoms with van der Waals surface area (Å²) in [6.45, 7) is 8.15. The Morgan fingerprint density at radius 1 is 1.17 bits per heavy atom. The summed E-state index contributed by atoms with van der Waals surface area (Å²) >= 11 is 0. The molecule has 2 aromatic rings. The van der Waals surface area contributed by atoms with Crippen LogP contribution in [0.1, 0.15) is 27.7 Å². The molecule has 0 aliphatic carbocycles. The van der Waals surface area contributed by atoms with Crippen molar-refractivity contribution in [1.82, 2.24) is 14.6 Å². The Hall–Kier alpha value is -1.40. The van der Waals surface area contributed by atoms with E-state index in [4.69, 9.17) is 9.31 Å². The molecule has 94 valence electrons. The van der Waals surface area contributed by atoms with Gasteiger partial charge in [0.05, 0.1) is 11.2 Å². The van der Waals surface area contributed by atoms with Crippen LogP contribution in [0.25, 0.3) is 5.65 Å². The second-order valence-corrected chi connectivity index (χ2v) is 5.61. The van der Waals surface area contributed by atoms with E-state index in [1.807, 2.05) is 50.4 Å². The van der Waals surface area contributed by atoms with Crippen LogP contribution in [0.2, 0.25) is 0 Å². The van der Waals surface area contributed by atoms with Gasteiger partial charge in [-0.2, -0.15) is 0 Å². The SMILES string of the molecule is CC1(C)OB(c2cccn3cnnc23)OC1(C)C. The van der Waals surface area contributed by atoms with Gasteiger partial charge in [0.25, 0.3) is 0 Å². The Balaban J connectivity index is 2.05. The summed E-state index contributed by atoms with van der Waals surface area (Å²) in [5.74, 6) is 0. The molecule has 1 saturated heterocycles. The van der Waals surface area contributed by atoms with E-state index in [1.165, 1.54) is 0 Å². The average Bonchev–Trinajstić information content (AvgIpc) is 2.81. The number of nitrogens with zero attached hydrogens (tertiary/aromatic N) is 3. The van der Waals surface area contributed by atoms with Crippen LogP contribution in [0.3, 0.4) is 0 Å². The third-order valence-corrected chi connectivity index (χ3v) is 3.86. The van der Waals surface area contributed by atoms with E-state index in [0.717, 1.165) is 11.1 Å². The van der Waals surface area contributed by atoms with Gasteiger partial charge in [-0.3, -0.25) is 4.40 Å². The number of hydrogen-bond donors (Lipinski definition) is 0. The van der Waals surface area contributed by atoms with Crippen LogP contribution in [-0.2, 0) is 9.31 Å². The van der Waals surface area contributed by atoms with Gasteiger partial charge < -0.3 is 9.31 Å². The van der Waals surface area contributed by atoms with E-state index in [-0.39, 0.29) is 11.2 Å². The number of rotatable bonds is 1. The van der Waals surface area contributed by atoms with Gasteiger partial charge >= 0.3 is 7.12 Å². The fraction of sp³-hybridized carbons (Fsp3) is 0.500. The molecule has 0 saturated carbocycles. The molecule has 2 aromatic heterocycles. The molecular formula is C12H16BN3O2. The predicted octanol–water partition coefficient (Wildman–Crippen LogP) is 1.03. The van der Waals surface area contributed by atoms with Crippen LogP contribution >= 0.6 is 0 Å². The fourth-order valence-electron chi connectivity index (χ4n) is 2.03. The largest absolute Gasteiger partial charge is 0.498 e. The Kier molecular flexibility index (Phi) is 2.31. The Bertz CT molecular complexity index is 578. The quantitative estimate of drug-likeness (QED) is 0.704. The molecule has 0 atom stereocenters. The number of fused-ring (bicyclic) bond motifs is 1. The molecule has 0 unspecified atom stereocenters. The van der Waals surface area contributed by atoms with Crippen molar-refractivity contribution in [3.63, 3.8) is 0 Å². The smallest absolute Gasteiger partial charge is 0.399 e. The monoisotopic (exact) mass is 245 g/mol. The van der Waals surface area contributed by atoms with Crippen LogP contribution in [0.15, 0.2) is 24.7 Å². The minimum absolute atomic E-state index is 0.343. The molecule has 3 rings (SSSR count). The van der Waals surface area contributed by atoms with Crippen LogP contribution in [-0.4, -0.2) is 32.9 Å². The van der Waals surface area contributed by atoms with Gasteiger partial charge in [0.15, 0.2) is 5.65 Å². The van der Waals surface area contributed by atoms with Crippen molar-refractivity contribution >= 4 is 18.2 Å². The molecule has 5 nitrogen and oxygen atoms in total. The summed E-state index contributed by atoms with van der Waals surface area (Å²) in [5.41, 5.74) is 0.999. The van der Waals surface area contributed by atoms with Crippen LogP contribution in [0.5, 0.6) is 0 Å². The highest BCUT2D eigenvalue weighted by Crippen LogP contribution is 2.36. The molecule has 1 aliphatic heterocycles. The van der Waals surface area contributed by atoms with Crippen molar-refractivity contribution in [2.45, 2.75) is 38.9 Å². The summed E-state index contributed by atoms with van der Waals surface area (Å²) in [6.07, 6.45) is 3.58. The van der Waals surface area contributed by atoms with Crippen LogP contribution in [0, 0.1) is 0 Å². The summed E-state index contributed by atoms with van der Waals surface area (Å²) in [5, 5.41) is 8.02. The van der Waals surface area contributed by atoms with E-state index in [9.17, 15) is 0 Å². The highest BCUT2D eigenvalue weighted by atomic mass is 16.7. The topological polar surface area (TPSA) is 48.7 Å². The Labute approximate surface area is 106 Å². The van der Waals surface area contributed by atoms with E-state index in [2.05, 4.69) is 10.2 Å². The van der Waals surface area contributed by atoms with Crippen molar-refractivity contribution in [3.05, 3.63) is 24.7 Å². The standard InChI is InChI=1S/C12H16BN3O2/c1-11(2)12(3,4)18-13(17-11)9-6-5-7-16-8-14-15-10(9)16/h5-8H,1-4H3. The van der Waals surface area contributed by atoms with Gasteiger partial charge in [-0.1, -0.05) is 6.07 Å². The molecule has 0 bridgehead atoms. The summed E-state index contributed by atoms with van der Waals surface area (Å²) in [6, 6.07) is 3.91. The number of aromatic nitrogens is 3. The predicted molar refractivity (Wildman–Crippen MR) is 68.7 cm³/mol. The maximum Gasteiger partial charge on any atom is 0.498 e. The van der Waals surface area contributed by atoms with Gasteiger partial charge in [-0.05, 0) is 33.8 Å².